The number of fused-ring (bicyclic) bond motifs is 1. The molecule has 0 atom stereocenters. The van der Waals surface area contributed by atoms with Crippen molar-refractivity contribution in [1.29, 1.82) is 0 Å². The van der Waals surface area contributed by atoms with Gasteiger partial charge in [0.2, 0.25) is 0 Å². The van der Waals surface area contributed by atoms with Crippen molar-refractivity contribution in [2.45, 2.75) is 6.92 Å². The minimum atomic E-state index is -1.28. The Kier molecular flexibility index (Phi) is 1.96. The van der Waals surface area contributed by atoms with E-state index in [0.29, 0.717) is 5.39 Å². The highest BCUT2D eigenvalue weighted by atomic mass is 19.1. The summed E-state index contributed by atoms with van der Waals surface area (Å²) in [6.45, 7) is 1.80. The predicted molar refractivity (Wildman–Crippen MR) is 52.4 cm³/mol. The quantitative estimate of drug-likeness (QED) is 0.776. The molecule has 1 aromatic heterocycles. The summed E-state index contributed by atoms with van der Waals surface area (Å²) >= 11 is 0. The van der Waals surface area contributed by atoms with Crippen LogP contribution in [-0.2, 0) is 7.05 Å². The van der Waals surface area contributed by atoms with Gasteiger partial charge in [-0.3, -0.25) is 4.68 Å². The number of carboxylic acid groups (broad SMARTS) is 1. The normalized spacial score (nSPS) is 10.9. The van der Waals surface area contributed by atoms with Crippen LogP contribution in [0.3, 0.4) is 0 Å². The number of carbonyl (C=O) groups is 1. The third kappa shape index (κ3) is 1.27. The van der Waals surface area contributed by atoms with E-state index in [9.17, 15) is 9.18 Å². The zero-order valence-corrected chi connectivity index (χ0v) is 8.28. The van der Waals surface area contributed by atoms with Gasteiger partial charge >= 0.3 is 5.97 Å². The zero-order chi connectivity index (χ0) is 11.2. The second-order valence-electron chi connectivity index (χ2n) is 3.34. The maximum atomic E-state index is 13.7. The molecule has 5 heteroatoms. The smallest absolute Gasteiger partial charge is 0.338 e. The second-order valence-corrected chi connectivity index (χ2v) is 3.34. The molecule has 0 spiro atoms. The SMILES string of the molecule is Cc1c2ccc(C(=O)O)c(F)c2nn1C. The lowest BCUT2D eigenvalue weighted by Crippen LogP contribution is -2.00. The highest BCUT2D eigenvalue weighted by Crippen LogP contribution is 2.22. The molecule has 0 radical (unpaired) electrons. The summed E-state index contributed by atoms with van der Waals surface area (Å²) in [5, 5.41) is 13.3. The summed E-state index contributed by atoms with van der Waals surface area (Å²) in [7, 11) is 1.69. The van der Waals surface area contributed by atoms with Crippen molar-refractivity contribution in [2.75, 3.05) is 0 Å². The van der Waals surface area contributed by atoms with Gasteiger partial charge in [0.25, 0.3) is 0 Å². The van der Waals surface area contributed by atoms with Crippen LogP contribution in [0.15, 0.2) is 12.1 Å². The molecule has 0 aliphatic carbocycles. The average molecular weight is 208 g/mol. The van der Waals surface area contributed by atoms with Crippen LogP contribution in [0, 0.1) is 12.7 Å². The number of aromatic carboxylic acids is 1. The summed E-state index contributed by atoms with van der Waals surface area (Å²) in [5.41, 5.74) is 0.566. The summed E-state index contributed by atoms with van der Waals surface area (Å²) in [4.78, 5) is 10.7. The number of aromatic nitrogens is 2. The lowest BCUT2D eigenvalue weighted by molar-refractivity contribution is 0.0692. The molecule has 0 aliphatic heterocycles. The van der Waals surface area contributed by atoms with Crippen LogP contribution in [0.4, 0.5) is 4.39 Å². The molecule has 0 bridgehead atoms. The molecular formula is C10H9FN2O2. The number of aryl methyl sites for hydroxylation is 2. The maximum Gasteiger partial charge on any atom is 0.338 e. The molecule has 15 heavy (non-hydrogen) atoms. The third-order valence-corrected chi connectivity index (χ3v) is 2.47. The van der Waals surface area contributed by atoms with Crippen molar-refractivity contribution in [3.05, 3.63) is 29.2 Å². The van der Waals surface area contributed by atoms with E-state index < -0.39 is 11.8 Å². The first kappa shape index (κ1) is 9.64. The van der Waals surface area contributed by atoms with E-state index in [2.05, 4.69) is 5.10 Å². The van der Waals surface area contributed by atoms with Crippen molar-refractivity contribution >= 4 is 16.9 Å². The van der Waals surface area contributed by atoms with E-state index in [-0.39, 0.29) is 11.1 Å². The Balaban J connectivity index is 2.85. The fourth-order valence-corrected chi connectivity index (χ4v) is 1.52. The maximum absolute atomic E-state index is 13.7. The van der Waals surface area contributed by atoms with Gasteiger partial charge in [-0.05, 0) is 19.1 Å². The number of nitrogens with zero attached hydrogens (tertiary/aromatic N) is 2. The fourth-order valence-electron chi connectivity index (χ4n) is 1.52. The van der Waals surface area contributed by atoms with E-state index in [1.54, 1.807) is 20.0 Å². The summed E-state index contributed by atoms with van der Waals surface area (Å²) in [5.74, 6) is -2.05. The second kappa shape index (κ2) is 3.05. The van der Waals surface area contributed by atoms with Gasteiger partial charge in [-0.15, -0.1) is 0 Å². The van der Waals surface area contributed by atoms with Crippen molar-refractivity contribution < 1.29 is 14.3 Å². The van der Waals surface area contributed by atoms with Gasteiger partial charge in [-0.25, -0.2) is 9.18 Å². The summed E-state index contributed by atoms with van der Waals surface area (Å²) in [6.07, 6.45) is 0. The third-order valence-electron chi connectivity index (χ3n) is 2.47. The van der Waals surface area contributed by atoms with Crippen LogP contribution in [-0.4, -0.2) is 20.9 Å². The number of hydrogen-bond acceptors (Lipinski definition) is 2. The van der Waals surface area contributed by atoms with Crippen molar-refractivity contribution in [2.24, 2.45) is 7.05 Å². The molecule has 4 nitrogen and oxygen atoms in total. The lowest BCUT2D eigenvalue weighted by Gasteiger charge is -1.97. The van der Waals surface area contributed by atoms with Gasteiger partial charge in [0.15, 0.2) is 5.82 Å². The number of hydrogen-bond donors (Lipinski definition) is 1. The number of benzene rings is 1. The summed E-state index contributed by atoms with van der Waals surface area (Å²) in [6, 6.07) is 2.83. The lowest BCUT2D eigenvalue weighted by atomic mass is 10.1. The zero-order valence-electron chi connectivity index (χ0n) is 8.28. The Morgan fingerprint density at radius 1 is 1.53 bits per heavy atom. The standard InChI is InChI=1S/C10H9FN2O2/c1-5-6-3-4-7(10(14)15)8(11)9(6)12-13(5)2/h3-4H,1-2H3,(H,14,15). The Labute approximate surface area is 84.9 Å². The number of halogens is 1. The Bertz CT molecular complexity index is 560. The monoisotopic (exact) mass is 208 g/mol. The minimum Gasteiger partial charge on any atom is -0.478 e. The van der Waals surface area contributed by atoms with E-state index in [1.807, 2.05) is 0 Å². The van der Waals surface area contributed by atoms with Gasteiger partial charge in [0, 0.05) is 18.1 Å². The van der Waals surface area contributed by atoms with Gasteiger partial charge in [-0.2, -0.15) is 5.10 Å². The van der Waals surface area contributed by atoms with Gasteiger partial charge in [0.1, 0.15) is 5.52 Å². The minimum absolute atomic E-state index is 0.106. The molecule has 2 aromatic rings. The number of rotatable bonds is 1. The average Bonchev–Trinajstić information content (AvgIpc) is 2.45. The molecule has 1 heterocycles. The number of carboxylic acids is 1. The molecular weight excluding hydrogens is 199 g/mol. The topological polar surface area (TPSA) is 55.1 Å². The molecule has 1 aromatic carbocycles. The highest BCUT2D eigenvalue weighted by molar-refractivity contribution is 5.94. The van der Waals surface area contributed by atoms with Crippen LogP contribution in [0.1, 0.15) is 16.1 Å². The first-order valence-corrected chi connectivity index (χ1v) is 4.37. The van der Waals surface area contributed by atoms with E-state index in [1.165, 1.54) is 10.7 Å². The van der Waals surface area contributed by atoms with Crippen molar-refractivity contribution in [3.63, 3.8) is 0 Å². The molecule has 1 N–H and O–H groups in total. The van der Waals surface area contributed by atoms with Crippen LogP contribution >= 0.6 is 0 Å². The molecule has 78 valence electrons. The van der Waals surface area contributed by atoms with Gasteiger partial charge in [-0.1, -0.05) is 0 Å². The van der Waals surface area contributed by atoms with Gasteiger partial charge in [0.05, 0.1) is 5.56 Å². The molecule has 0 fully saturated rings. The van der Waals surface area contributed by atoms with E-state index >= 15 is 0 Å². The Morgan fingerprint density at radius 3 is 2.80 bits per heavy atom. The van der Waals surface area contributed by atoms with Gasteiger partial charge < -0.3 is 5.11 Å². The highest BCUT2D eigenvalue weighted by Gasteiger charge is 2.17. The van der Waals surface area contributed by atoms with E-state index in [0.717, 1.165) is 5.69 Å². The van der Waals surface area contributed by atoms with Crippen molar-refractivity contribution in [1.82, 2.24) is 9.78 Å². The van der Waals surface area contributed by atoms with Crippen LogP contribution in [0.2, 0.25) is 0 Å². The molecule has 0 amide bonds. The summed E-state index contributed by atoms with van der Waals surface area (Å²) < 4.78 is 15.2. The van der Waals surface area contributed by atoms with Crippen molar-refractivity contribution in [3.8, 4) is 0 Å². The molecule has 0 saturated carbocycles. The van der Waals surface area contributed by atoms with Crippen LogP contribution < -0.4 is 0 Å². The Morgan fingerprint density at radius 2 is 2.20 bits per heavy atom. The van der Waals surface area contributed by atoms with Crippen LogP contribution in [0.5, 0.6) is 0 Å². The largest absolute Gasteiger partial charge is 0.478 e. The predicted octanol–water partition coefficient (Wildman–Crippen LogP) is 1.72. The first-order valence-electron chi connectivity index (χ1n) is 4.37. The van der Waals surface area contributed by atoms with Crippen LogP contribution in [0.25, 0.3) is 10.9 Å². The molecule has 0 unspecified atom stereocenters. The molecule has 2 rings (SSSR count). The van der Waals surface area contributed by atoms with E-state index in [4.69, 9.17) is 5.11 Å². The molecule has 0 aliphatic rings. The fraction of sp³-hybridized carbons (Fsp3) is 0.200. The first-order chi connectivity index (χ1) is 7.02. The molecule has 0 saturated heterocycles. The Hall–Kier alpha value is -1.91.